The molecular weight excluding hydrogens is 454 g/mol. The van der Waals surface area contributed by atoms with Crippen LogP contribution in [0.1, 0.15) is 62.4 Å². The molecule has 8 heteroatoms. The lowest BCUT2D eigenvalue weighted by molar-refractivity contribution is -0.138. The Bertz CT molecular complexity index is 1070. The van der Waals surface area contributed by atoms with Crippen LogP contribution in [0.2, 0.25) is 5.02 Å². The minimum atomic E-state index is -0.762. The Hall–Kier alpha value is -3.19. The number of nitrogens with one attached hydrogen (secondary N) is 3. The molecule has 1 aliphatic rings. The molecule has 0 spiro atoms. The second-order valence-electron chi connectivity index (χ2n) is 8.72. The zero-order valence-corrected chi connectivity index (χ0v) is 20.4. The van der Waals surface area contributed by atoms with Gasteiger partial charge in [-0.3, -0.25) is 24.5 Å². The molecule has 4 amide bonds. The van der Waals surface area contributed by atoms with E-state index < -0.39 is 11.5 Å². The summed E-state index contributed by atoms with van der Waals surface area (Å²) in [6.45, 7) is 5.78. The van der Waals surface area contributed by atoms with Crippen LogP contribution in [0.3, 0.4) is 0 Å². The molecule has 34 heavy (non-hydrogen) atoms. The number of hydrogen-bond acceptors (Lipinski definition) is 4. The summed E-state index contributed by atoms with van der Waals surface area (Å²) < 4.78 is 0. The molecule has 1 saturated heterocycles. The first-order valence-corrected chi connectivity index (χ1v) is 11.9. The molecule has 0 saturated carbocycles. The van der Waals surface area contributed by atoms with E-state index in [-0.39, 0.29) is 29.5 Å². The fourth-order valence-electron chi connectivity index (χ4n) is 4.19. The third-order valence-electron chi connectivity index (χ3n) is 6.66. The molecule has 7 nitrogen and oxygen atoms in total. The van der Waals surface area contributed by atoms with E-state index in [2.05, 4.69) is 16.0 Å². The first-order chi connectivity index (χ1) is 16.2. The van der Waals surface area contributed by atoms with Crippen molar-refractivity contribution in [3.8, 4) is 0 Å². The van der Waals surface area contributed by atoms with Gasteiger partial charge in [0.05, 0.1) is 5.41 Å². The number of benzene rings is 2. The van der Waals surface area contributed by atoms with E-state index in [1.807, 2.05) is 20.8 Å². The van der Waals surface area contributed by atoms with Crippen LogP contribution in [0.15, 0.2) is 48.5 Å². The molecule has 0 aromatic heterocycles. The number of carbonyl (C=O) groups is 4. The molecule has 180 valence electrons. The van der Waals surface area contributed by atoms with Gasteiger partial charge in [-0.2, -0.15) is 0 Å². The Kier molecular flexibility index (Phi) is 8.10. The van der Waals surface area contributed by atoms with Crippen LogP contribution in [-0.4, -0.2) is 29.7 Å². The van der Waals surface area contributed by atoms with E-state index in [9.17, 15) is 19.2 Å². The molecule has 3 unspecified atom stereocenters. The molecule has 2 aromatic rings. The van der Waals surface area contributed by atoms with Crippen molar-refractivity contribution in [1.29, 1.82) is 0 Å². The largest absolute Gasteiger partial charge is 0.340 e. The minimum absolute atomic E-state index is 0.0950. The highest BCUT2D eigenvalue weighted by Gasteiger charge is 2.42. The zero-order valence-electron chi connectivity index (χ0n) is 19.6. The molecular formula is C26H30ClN3O4. The maximum Gasteiger partial charge on any atom is 0.251 e. The average Bonchev–Trinajstić information content (AvgIpc) is 2.83. The Balaban J connectivity index is 1.74. The van der Waals surface area contributed by atoms with Crippen LogP contribution < -0.4 is 16.0 Å². The molecule has 3 rings (SSSR count). The molecule has 0 bridgehead atoms. The van der Waals surface area contributed by atoms with Crippen molar-refractivity contribution in [3.63, 3.8) is 0 Å². The second kappa shape index (κ2) is 10.8. The average molecular weight is 484 g/mol. The third-order valence-corrected chi connectivity index (χ3v) is 6.92. The van der Waals surface area contributed by atoms with Gasteiger partial charge in [0, 0.05) is 22.7 Å². The van der Waals surface area contributed by atoms with E-state index in [1.165, 1.54) is 0 Å². The van der Waals surface area contributed by atoms with Crippen molar-refractivity contribution in [3.05, 3.63) is 64.7 Å². The van der Waals surface area contributed by atoms with Crippen LogP contribution in [0, 0.1) is 5.92 Å². The van der Waals surface area contributed by atoms with Crippen LogP contribution >= 0.6 is 11.6 Å². The topological polar surface area (TPSA) is 104 Å². The highest BCUT2D eigenvalue weighted by Crippen LogP contribution is 2.36. The Morgan fingerprint density at radius 2 is 1.71 bits per heavy atom. The van der Waals surface area contributed by atoms with Crippen molar-refractivity contribution in [2.45, 2.75) is 57.9 Å². The van der Waals surface area contributed by atoms with Crippen molar-refractivity contribution in [2.75, 3.05) is 5.32 Å². The molecule has 1 fully saturated rings. The smallest absolute Gasteiger partial charge is 0.251 e. The van der Waals surface area contributed by atoms with Crippen LogP contribution in [0.4, 0.5) is 5.69 Å². The first kappa shape index (κ1) is 25.4. The van der Waals surface area contributed by atoms with Gasteiger partial charge < -0.3 is 10.6 Å². The zero-order chi connectivity index (χ0) is 24.9. The number of carbonyl (C=O) groups excluding carboxylic acids is 4. The minimum Gasteiger partial charge on any atom is -0.340 e. The van der Waals surface area contributed by atoms with Crippen molar-refractivity contribution < 1.29 is 19.2 Å². The lowest BCUT2D eigenvalue weighted by Crippen LogP contribution is -2.51. The van der Waals surface area contributed by atoms with Gasteiger partial charge in [-0.25, -0.2) is 0 Å². The van der Waals surface area contributed by atoms with E-state index in [4.69, 9.17) is 11.6 Å². The number of anilines is 1. The van der Waals surface area contributed by atoms with E-state index in [1.54, 1.807) is 48.5 Å². The fourth-order valence-corrected chi connectivity index (χ4v) is 4.31. The number of rotatable bonds is 8. The summed E-state index contributed by atoms with van der Waals surface area (Å²) in [4.78, 5) is 50.0. The standard InChI is InChI=1S/C26H30ClN3O4/c1-4-16(3)22(30-23(32)17-6-10-19(27)11-7-17)24(33)28-20-12-8-18(9-13-20)26(5-2)15-14-21(31)29-25(26)34/h6-13,16,22H,4-5,14-15H2,1-3H3,(H,28,33)(H,30,32)(H,29,31,34). The summed E-state index contributed by atoms with van der Waals surface area (Å²) in [7, 11) is 0. The van der Waals surface area contributed by atoms with E-state index in [0.29, 0.717) is 42.0 Å². The fraction of sp³-hybridized carbons (Fsp3) is 0.385. The van der Waals surface area contributed by atoms with Crippen LogP contribution in [0.5, 0.6) is 0 Å². The SMILES string of the molecule is CCC(C)C(NC(=O)c1ccc(Cl)cc1)C(=O)Nc1ccc(C2(CC)CCC(=O)NC2=O)cc1. The maximum absolute atomic E-state index is 13.1. The first-order valence-electron chi connectivity index (χ1n) is 11.5. The van der Waals surface area contributed by atoms with Gasteiger partial charge in [0.1, 0.15) is 6.04 Å². The summed E-state index contributed by atoms with van der Waals surface area (Å²) >= 11 is 5.90. The van der Waals surface area contributed by atoms with Crippen molar-refractivity contribution in [2.24, 2.45) is 5.92 Å². The number of amides is 4. The molecule has 2 aromatic carbocycles. The highest BCUT2D eigenvalue weighted by atomic mass is 35.5. The summed E-state index contributed by atoms with van der Waals surface area (Å²) in [5.74, 6) is -1.31. The third kappa shape index (κ3) is 5.47. The highest BCUT2D eigenvalue weighted by molar-refractivity contribution is 6.30. The van der Waals surface area contributed by atoms with Gasteiger partial charge in [0.15, 0.2) is 0 Å². The predicted octanol–water partition coefficient (Wildman–Crippen LogP) is 4.21. The number of imide groups is 1. The normalized spacial score (nSPS) is 19.6. The molecule has 3 atom stereocenters. The second-order valence-corrected chi connectivity index (χ2v) is 9.16. The molecule has 3 N–H and O–H groups in total. The molecule has 1 heterocycles. The van der Waals surface area contributed by atoms with E-state index in [0.717, 1.165) is 5.56 Å². The van der Waals surface area contributed by atoms with Gasteiger partial charge in [-0.15, -0.1) is 0 Å². The van der Waals surface area contributed by atoms with Crippen molar-refractivity contribution >= 4 is 40.9 Å². The van der Waals surface area contributed by atoms with Gasteiger partial charge >= 0.3 is 0 Å². The van der Waals surface area contributed by atoms with E-state index >= 15 is 0 Å². The molecule has 0 radical (unpaired) electrons. The summed E-state index contributed by atoms with van der Waals surface area (Å²) in [6, 6.07) is 12.8. The summed E-state index contributed by atoms with van der Waals surface area (Å²) in [5, 5.41) is 8.67. The number of hydrogen-bond donors (Lipinski definition) is 3. The summed E-state index contributed by atoms with van der Waals surface area (Å²) in [6.07, 6.45) is 2.00. The van der Waals surface area contributed by atoms with Gasteiger partial charge in [-0.05, 0) is 60.7 Å². The van der Waals surface area contributed by atoms with Crippen LogP contribution in [0.25, 0.3) is 0 Å². The Morgan fingerprint density at radius 1 is 1.06 bits per heavy atom. The Labute approximate surface area is 204 Å². The quantitative estimate of drug-likeness (QED) is 0.489. The van der Waals surface area contributed by atoms with Gasteiger partial charge in [0.2, 0.25) is 17.7 Å². The van der Waals surface area contributed by atoms with Crippen molar-refractivity contribution in [1.82, 2.24) is 10.6 Å². The number of halogens is 1. The van der Waals surface area contributed by atoms with Crippen LogP contribution in [-0.2, 0) is 19.8 Å². The number of piperidine rings is 1. The predicted molar refractivity (Wildman–Crippen MR) is 132 cm³/mol. The molecule has 0 aliphatic carbocycles. The summed E-state index contributed by atoms with van der Waals surface area (Å²) in [5.41, 5.74) is 1.01. The maximum atomic E-state index is 13.1. The van der Waals surface area contributed by atoms with Gasteiger partial charge in [0.25, 0.3) is 5.91 Å². The van der Waals surface area contributed by atoms with Gasteiger partial charge in [-0.1, -0.05) is 50.9 Å². The monoisotopic (exact) mass is 483 g/mol. The molecule has 1 aliphatic heterocycles. The lowest BCUT2D eigenvalue weighted by atomic mass is 9.72. The Morgan fingerprint density at radius 3 is 2.26 bits per heavy atom. The lowest BCUT2D eigenvalue weighted by Gasteiger charge is -2.35.